The topological polar surface area (TPSA) is 63.2 Å². The fourth-order valence-corrected chi connectivity index (χ4v) is 3.71. The number of aromatic nitrogens is 3. The number of hydrogen-bond acceptors (Lipinski definition) is 7. The second-order valence-corrected chi connectivity index (χ2v) is 7.40. The predicted molar refractivity (Wildman–Crippen MR) is 105 cm³/mol. The van der Waals surface area contributed by atoms with Gasteiger partial charge in [0.05, 0.1) is 18.9 Å². The third-order valence-corrected chi connectivity index (χ3v) is 5.50. The van der Waals surface area contributed by atoms with Crippen LogP contribution in [0.15, 0.2) is 36.5 Å². The highest BCUT2D eigenvalue weighted by atomic mass is 32.1. The lowest BCUT2D eigenvalue weighted by atomic mass is 10.2. The number of aryl methyl sites for hydroxylation is 2. The van der Waals surface area contributed by atoms with Crippen LogP contribution in [0.25, 0.3) is 10.7 Å². The molecular weight excluding hydrogens is 346 g/mol. The van der Waals surface area contributed by atoms with E-state index in [-0.39, 0.29) is 0 Å². The molecule has 2 aromatic heterocycles. The van der Waals surface area contributed by atoms with Crippen LogP contribution < -0.4 is 10.2 Å². The molecule has 4 rings (SSSR count). The van der Waals surface area contributed by atoms with Crippen LogP contribution in [-0.4, -0.2) is 41.3 Å². The molecule has 1 saturated heterocycles. The van der Waals surface area contributed by atoms with Crippen molar-refractivity contribution >= 4 is 28.7 Å². The molecular formula is C19H21N5OS. The van der Waals surface area contributed by atoms with Gasteiger partial charge in [-0.2, -0.15) is 0 Å². The molecule has 0 amide bonds. The van der Waals surface area contributed by atoms with Crippen LogP contribution in [-0.2, 0) is 4.74 Å². The van der Waals surface area contributed by atoms with Gasteiger partial charge in [0.15, 0.2) is 0 Å². The minimum atomic E-state index is 0.576. The zero-order valence-corrected chi connectivity index (χ0v) is 15.7. The van der Waals surface area contributed by atoms with Crippen LogP contribution in [0.1, 0.15) is 10.6 Å². The van der Waals surface area contributed by atoms with Gasteiger partial charge in [0.1, 0.15) is 10.7 Å². The monoisotopic (exact) mass is 367 g/mol. The Labute approximate surface area is 156 Å². The first-order chi connectivity index (χ1) is 12.7. The summed E-state index contributed by atoms with van der Waals surface area (Å²) in [5.74, 6) is 0.576. The Morgan fingerprint density at radius 3 is 2.50 bits per heavy atom. The fourth-order valence-electron chi connectivity index (χ4n) is 2.83. The Bertz CT molecular complexity index is 868. The lowest BCUT2D eigenvalue weighted by Gasteiger charge is -2.28. The van der Waals surface area contributed by atoms with Crippen LogP contribution in [0.4, 0.5) is 17.3 Å². The first-order valence-electron chi connectivity index (χ1n) is 8.66. The molecule has 1 N–H and O–H groups in total. The standard InChI is InChI=1S/C19H21N5OS/c1-13-14(2)26-18(21-13)17-7-8-20-19(23-17)22-15-3-5-16(6-4-15)24-9-11-25-12-10-24/h3-8H,9-12H2,1-2H3,(H,20,22,23). The number of nitrogens with one attached hydrogen (secondary N) is 1. The van der Waals surface area contributed by atoms with Crippen molar-refractivity contribution < 1.29 is 4.74 Å². The van der Waals surface area contributed by atoms with E-state index in [0.717, 1.165) is 48.4 Å². The van der Waals surface area contributed by atoms with Crippen LogP contribution in [0.5, 0.6) is 0 Å². The number of nitrogens with zero attached hydrogens (tertiary/aromatic N) is 4. The molecule has 0 spiro atoms. The molecule has 1 aromatic carbocycles. The molecule has 0 atom stereocenters. The van der Waals surface area contributed by atoms with Crippen molar-refractivity contribution in [2.75, 3.05) is 36.5 Å². The maximum absolute atomic E-state index is 5.41. The number of benzene rings is 1. The Morgan fingerprint density at radius 1 is 1.04 bits per heavy atom. The van der Waals surface area contributed by atoms with Gasteiger partial charge in [0.25, 0.3) is 0 Å². The van der Waals surface area contributed by atoms with Crippen LogP contribution in [0.3, 0.4) is 0 Å². The first-order valence-corrected chi connectivity index (χ1v) is 9.48. The highest BCUT2D eigenvalue weighted by Gasteiger charge is 2.12. The molecule has 3 aromatic rings. The SMILES string of the molecule is Cc1nc(-c2ccnc(Nc3ccc(N4CCOCC4)cc3)n2)sc1C. The van der Waals surface area contributed by atoms with E-state index < -0.39 is 0 Å². The van der Waals surface area contributed by atoms with Crippen molar-refractivity contribution in [1.29, 1.82) is 0 Å². The van der Waals surface area contributed by atoms with E-state index in [9.17, 15) is 0 Å². The fraction of sp³-hybridized carbons (Fsp3) is 0.316. The summed E-state index contributed by atoms with van der Waals surface area (Å²) in [6.07, 6.45) is 1.76. The maximum atomic E-state index is 5.41. The average molecular weight is 367 g/mol. The van der Waals surface area contributed by atoms with Gasteiger partial charge < -0.3 is 15.0 Å². The molecule has 26 heavy (non-hydrogen) atoms. The van der Waals surface area contributed by atoms with Gasteiger partial charge in [-0.3, -0.25) is 0 Å². The Hall–Kier alpha value is -2.51. The van der Waals surface area contributed by atoms with Gasteiger partial charge in [-0.05, 0) is 44.2 Å². The highest BCUT2D eigenvalue weighted by Crippen LogP contribution is 2.27. The summed E-state index contributed by atoms with van der Waals surface area (Å²) in [7, 11) is 0. The quantitative estimate of drug-likeness (QED) is 0.757. The van der Waals surface area contributed by atoms with Gasteiger partial charge in [-0.15, -0.1) is 11.3 Å². The minimum Gasteiger partial charge on any atom is -0.378 e. The molecule has 1 aliphatic heterocycles. The maximum Gasteiger partial charge on any atom is 0.227 e. The smallest absolute Gasteiger partial charge is 0.227 e. The van der Waals surface area contributed by atoms with E-state index in [4.69, 9.17) is 4.74 Å². The molecule has 0 unspecified atom stereocenters. The third kappa shape index (κ3) is 3.68. The molecule has 6 nitrogen and oxygen atoms in total. The summed E-state index contributed by atoms with van der Waals surface area (Å²) in [6, 6.07) is 10.2. The van der Waals surface area contributed by atoms with Crippen molar-refractivity contribution in [2.45, 2.75) is 13.8 Å². The van der Waals surface area contributed by atoms with Crippen molar-refractivity contribution in [1.82, 2.24) is 15.0 Å². The summed E-state index contributed by atoms with van der Waals surface area (Å²) in [4.78, 5) is 17.1. The van der Waals surface area contributed by atoms with Crippen LogP contribution >= 0.6 is 11.3 Å². The lowest BCUT2D eigenvalue weighted by Crippen LogP contribution is -2.36. The van der Waals surface area contributed by atoms with E-state index in [1.807, 2.05) is 13.0 Å². The molecule has 0 radical (unpaired) electrons. The number of hydrogen-bond donors (Lipinski definition) is 1. The van der Waals surface area contributed by atoms with Gasteiger partial charge >= 0.3 is 0 Å². The molecule has 0 bridgehead atoms. The van der Waals surface area contributed by atoms with Gasteiger partial charge in [-0.1, -0.05) is 0 Å². The normalized spacial score (nSPS) is 14.5. The number of thiazole rings is 1. The van der Waals surface area contributed by atoms with Gasteiger partial charge in [0.2, 0.25) is 5.95 Å². The van der Waals surface area contributed by atoms with Gasteiger partial charge in [-0.25, -0.2) is 15.0 Å². The van der Waals surface area contributed by atoms with E-state index in [2.05, 4.69) is 56.4 Å². The summed E-state index contributed by atoms with van der Waals surface area (Å²) < 4.78 is 5.41. The molecule has 3 heterocycles. The summed E-state index contributed by atoms with van der Waals surface area (Å²) in [5, 5.41) is 4.20. The van der Waals surface area contributed by atoms with Gasteiger partial charge in [0, 0.05) is 35.5 Å². The zero-order valence-electron chi connectivity index (χ0n) is 14.9. The zero-order chi connectivity index (χ0) is 17.9. The molecule has 1 aliphatic rings. The van der Waals surface area contributed by atoms with E-state index in [0.29, 0.717) is 5.95 Å². The first kappa shape index (κ1) is 16.9. The lowest BCUT2D eigenvalue weighted by molar-refractivity contribution is 0.122. The number of morpholine rings is 1. The molecule has 0 saturated carbocycles. The van der Waals surface area contributed by atoms with E-state index >= 15 is 0 Å². The van der Waals surface area contributed by atoms with E-state index in [1.54, 1.807) is 17.5 Å². The van der Waals surface area contributed by atoms with Crippen molar-refractivity contribution in [3.63, 3.8) is 0 Å². The predicted octanol–water partition coefficient (Wildman–Crippen LogP) is 3.80. The minimum absolute atomic E-state index is 0.576. The molecule has 1 fully saturated rings. The molecule has 134 valence electrons. The van der Waals surface area contributed by atoms with E-state index in [1.165, 1.54) is 10.6 Å². The summed E-state index contributed by atoms with van der Waals surface area (Å²) >= 11 is 1.66. The van der Waals surface area contributed by atoms with Crippen molar-refractivity contribution in [3.05, 3.63) is 47.1 Å². The summed E-state index contributed by atoms with van der Waals surface area (Å²) in [6.45, 7) is 7.54. The number of rotatable bonds is 4. The number of ether oxygens (including phenoxy) is 1. The molecule has 0 aliphatic carbocycles. The Balaban J connectivity index is 1.49. The van der Waals surface area contributed by atoms with Crippen molar-refractivity contribution in [3.8, 4) is 10.7 Å². The van der Waals surface area contributed by atoms with Crippen LogP contribution in [0.2, 0.25) is 0 Å². The largest absolute Gasteiger partial charge is 0.378 e. The van der Waals surface area contributed by atoms with Crippen molar-refractivity contribution in [2.24, 2.45) is 0 Å². The number of anilines is 3. The summed E-state index contributed by atoms with van der Waals surface area (Å²) in [5.41, 5.74) is 4.07. The molecule has 7 heteroatoms. The Kier molecular flexibility index (Phi) is 4.81. The average Bonchev–Trinajstić information content (AvgIpc) is 3.02. The third-order valence-electron chi connectivity index (χ3n) is 4.40. The second-order valence-electron chi connectivity index (χ2n) is 6.20. The Morgan fingerprint density at radius 2 is 1.81 bits per heavy atom. The second kappa shape index (κ2) is 7.39. The van der Waals surface area contributed by atoms with Crippen LogP contribution in [0, 0.1) is 13.8 Å². The highest BCUT2D eigenvalue weighted by molar-refractivity contribution is 7.15.